The minimum absolute atomic E-state index is 0.118. The Hall–Kier alpha value is -2.60. The Labute approximate surface area is 194 Å². The summed E-state index contributed by atoms with van der Waals surface area (Å²) in [5.74, 6) is -1.03. The molecule has 0 spiro atoms. The lowest BCUT2D eigenvalue weighted by atomic mass is 10.0. The molecule has 3 unspecified atom stereocenters. The minimum Gasteiger partial charge on any atom is -0.435 e. The summed E-state index contributed by atoms with van der Waals surface area (Å²) in [5, 5.41) is 9.81. The number of Topliss-reactive ketones (excluding diaryl/α,β-unsaturated/α-hetero) is 1. The molecule has 0 aliphatic carbocycles. The van der Waals surface area contributed by atoms with Crippen molar-refractivity contribution in [2.45, 2.75) is 50.7 Å². The van der Waals surface area contributed by atoms with Crippen LogP contribution in [0, 0.1) is 0 Å². The summed E-state index contributed by atoms with van der Waals surface area (Å²) < 4.78 is 12.7. The molecule has 2 amide bonds. The van der Waals surface area contributed by atoms with Crippen LogP contribution in [0.1, 0.15) is 48.5 Å². The van der Waals surface area contributed by atoms with Crippen LogP contribution in [-0.2, 0) is 15.8 Å². The van der Waals surface area contributed by atoms with Crippen LogP contribution >= 0.6 is 7.37 Å². The number of amides is 2. The summed E-state index contributed by atoms with van der Waals surface area (Å²) in [6, 6.07) is 17.5. The average Bonchev–Trinajstić information content (AvgIpc) is 3.20. The summed E-state index contributed by atoms with van der Waals surface area (Å²) in [6.45, 7) is 1.81. The number of quaternary nitrogens is 1. The SMILES string of the molecule is C[C@@H]1CCC[N+]1(C(=O)O)C(=O)CP(=O)(O)C(CCc1ccccc1)CC(=O)c1ccccc1. The largest absolute Gasteiger partial charge is 0.521 e. The van der Waals surface area contributed by atoms with Crippen LogP contribution in [0.4, 0.5) is 4.79 Å². The highest BCUT2D eigenvalue weighted by Gasteiger charge is 2.54. The van der Waals surface area contributed by atoms with Gasteiger partial charge in [-0.15, -0.1) is 0 Å². The Morgan fingerprint density at radius 3 is 2.21 bits per heavy atom. The number of rotatable bonds is 9. The van der Waals surface area contributed by atoms with Gasteiger partial charge in [-0.3, -0.25) is 9.36 Å². The second-order valence-corrected chi connectivity index (χ2v) is 11.4. The number of carbonyl (C=O) groups is 3. The molecule has 0 aromatic heterocycles. The molecule has 1 aliphatic rings. The molecule has 3 rings (SSSR count). The molecule has 2 aromatic carbocycles. The summed E-state index contributed by atoms with van der Waals surface area (Å²) in [7, 11) is -4.18. The van der Waals surface area contributed by atoms with Crippen molar-refractivity contribution in [1.82, 2.24) is 0 Å². The third-order valence-electron chi connectivity index (χ3n) is 6.73. The fourth-order valence-electron chi connectivity index (χ4n) is 4.67. The molecule has 2 aromatic rings. The molecule has 1 saturated heterocycles. The molecule has 7 nitrogen and oxygen atoms in total. The maximum Gasteiger partial charge on any atom is 0.521 e. The van der Waals surface area contributed by atoms with Crippen molar-refractivity contribution >= 4 is 25.2 Å². The first-order valence-electron chi connectivity index (χ1n) is 11.2. The molecule has 0 bridgehead atoms. The van der Waals surface area contributed by atoms with Gasteiger partial charge in [0.15, 0.2) is 5.78 Å². The highest BCUT2D eigenvalue weighted by molar-refractivity contribution is 7.59. The summed E-state index contributed by atoms with van der Waals surface area (Å²) in [6.07, 6.45) is -0.359. The Morgan fingerprint density at radius 1 is 1.06 bits per heavy atom. The fourth-order valence-corrected chi connectivity index (χ4v) is 6.55. The molecule has 0 saturated carbocycles. The van der Waals surface area contributed by atoms with Gasteiger partial charge in [0.1, 0.15) is 12.2 Å². The van der Waals surface area contributed by atoms with Crippen molar-refractivity contribution in [3.8, 4) is 0 Å². The van der Waals surface area contributed by atoms with Gasteiger partial charge in [0, 0.05) is 30.5 Å². The minimum atomic E-state index is -4.18. The van der Waals surface area contributed by atoms with Crippen molar-refractivity contribution in [1.29, 1.82) is 0 Å². The predicted octanol–water partition coefficient (Wildman–Crippen LogP) is 4.73. The van der Waals surface area contributed by atoms with Crippen LogP contribution in [0.5, 0.6) is 0 Å². The Morgan fingerprint density at radius 2 is 1.67 bits per heavy atom. The number of benzene rings is 2. The topological polar surface area (TPSA) is 109 Å². The van der Waals surface area contributed by atoms with Crippen molar-refractivity contribution in [2.75, 3.05) is 12.7 Å². The zero-order valence-corrected chi connectivity index (χ0v) is 19.7. The Balaban J connectivity index is 1.83. The van der Waals surface area contributed by atoms with E-state index >= 15 is 0 Å². The van der Waals surface area contributed by atoms with E-state index < -0.39 is 41.7 Å². The molecular weight excluding hydrogens is 441 g/mol. The number of nitrogens with zero attached hydrogens (tertiary/aromatic N) is 1. The van der Waals surface area contributed by atoms with E-state index in [2.05, 4.69) is 0 Å². The summed E-state index contributed by atoms with van der Waals surface area (Å²) in [4.78, 5) is 49.1. The van der Waals surface area contributed by atoms with Crippen LogP contribution in [0.25, 0.3) is 0 Å². The molecule has 0 radical (unpaired) electrons. The number of hydrogen-bond donors (Lipinski definition) is 2. The van der Waals surface area contributed by atoms with Gasteiger partial charge in [0.25, 0.3) is 0 Å². The number of ketones is 1. The van der Waals surface area contributed by atoms with Gasteiger partial charge in [0.2, 0.25) is 7.37 Å². The molecule has 33 heavy (non-hydrogen) atoms. The van der Waals surface area contributed by atoms with Gasteiger partial charge in [0.05, 0.1) is 6.54 Å². The normalized spacial score (nSPS) is 22.9. The third-order valence-corrected chi connectivity index (χ3v) is 9.04. The van der Waals surface area contributed by atoms with Crippen molar-refractivity contribution < 1.29 is 33.4 Å². The maximum atomic E-state index is 13.5. The van der Waals surface area contributed by atoms with Crippen LogP contribution < -0.4 is 0 Å². The highest BCUT2D eigenvalue weighted by atomic mass is 31.2. The van der Waals surface area contributed by atoms with Crippen LogP contribution in [0.15, 0.2) is 60.7 Å². The molecule has 2 N–H and O–H groups in total. The lowest BCUT2D eigenvalue weighted by Gasteiger charge is -2.31. The van der Waals surface area contributed by atoms with Crippen molar-refractivity contribution in [3.63, 3.8) is 0 Å². The van der Waals surface area contributed by atoms with Crippen molar-refractivity contribution in [3.05, 3.63) is 71.8 Å². The first-order chi connectivity index (χ1) is 15.7. The van der Waals surface area contributed by atoms with Crippen molar-refractivity contribution in [2.24, 2.45) is 0 Å². The van der Waals surface area contributed by atoms with Gasteiger partial charge in [-0.1, -0.05) is 60.7 Å². The summed E-state index contributed by atoms with van der Waals surface area (Å²) >= 11 is 0. The van der Waals surface area contributed by atoms with Gasteiger partial charge < -0.3 is 10.00 Å². The predicted molar refractivity (Wildman–Crippen MR) is 125 cm³/mol. The number of hydrogen-bond acceptors (Lipinski definition) is 4. The molecule has 176 valence electrons. The molecule has 8 heteroatoms. The standard InChI is InChI=1S/C25H30NO6P/c1-19-9-8-16-26(19,25(29)30)24(28)18-33(31,32)22(15-14-20-10-4-2-5-11-20)17-23(27)21-12-6-3-7-13-21/h2-7,10-13,19,22H,8-9,14-18H2,1H3,(H-,29,30,31,32)/p+1/t19-,22?,26?/m1/s1. The average molecular weight is 472 g/mol. The zero-order chi connectivity index (χ0) is 24.1. The molecule has 4 atom stereocenters. The quantitative estimate of drug-likeness (QED) is 0.310. The molecular formula is C25H31NO6P+. The van der Waals surface area contributed by atoms with E-state index in [1.54, 1.807) is 37.3 Å². The molecule has 1 heterocycles. The van der Waals surface area contributed by atoms with E-state index in [1.165, 1.54) is 0 Å². The van der Waals surface area contributed by atoms with Gasteiger partial charge in [-0.2, -0.15) is 9.28 Å². The van der Waals surface area contributed by atoms with E-state index in [4.69, 9.17) is 0 Å². The van der Waals surface area contributed by atoms with Gasteiger partial charge in [-0.25, -0.2) is 4.79 Å². The number of imide groups is 1. The fraction of sp³-hybridized carbons (Fsp3) is 0.400. The second kappa shape index (κ2) is 10.6. The van der Waals surface area contributed by atoms with Crippen LogP contribution in [-0.4, -0.2) is 56.7 Å². The number of carboxylic acid groups (broad SMARTS) is 1. The lowest BCUT2D eigenvalue weighted by Crippen LogP contribution is -2.59. The number of aryl methyl sites for hydroxylation is 1. The highest BCUT2D eigenvalue weighted by Crippen LogP contribution is 2.51. The Bertz CT molecular complexity index is 1040. The molecule has 1 fully saturated rings. The van der Waals surface area contributed by atoms with Gasteiger partial charge in [-0.05, 0) is 25.3 Å². The van der Waals surface area contributed by atoms with Crippen LogP contribution in [0.2, 0.25) is 0 Å². The monoisotopic (exact) mass is 472 g/mol. The lowest BCUT2D eigenvalue weighted by molar-refractivity contribution is -0.791. The summed E-state index contributed by atoms with van der Waals surface area (Å²) in [5.41, 5.74) is 0.458. The second-order valence-electron chi connectivity index (χ2n) is 8.85. The van der Waals surface area contributed by atoms with E-state index in [0.29, 0.717) is 24.8 Å². The molecule has 1 aliphatic heterocycles. The first-order valence-corrected chi connectivity index (χ1v) is 13.2. The Kier molecular flexibility index (Phi) is 8.01. The number of carbonyl (C=O) groups excluding carboxylic acids is 2. The zero-order valence-electron chi connectivity index (χ0n) is 18.8. The first kappa shape index (κ1) is 25.0. The van der Waals surface area contributed by atoms with Gasteiger partial charge >= 0.3 is 12.0 Å². The van der Waals surface area contributed by atoms with E-state index in [1.807, 2.05) is 30.3 Å². The van der Waals surface area contributed by atoms with E-state index in [0.717, 1.165) is 5.56 Å². The third kappa shape index (κ3) is 5.67. The smallest absolute Gasteiger partial charge is 0.435 e. The van der Waals surface area contributed by atoms with E-state index in [9.17, 15) is 28.9 Å². The maximum absolute atomic E-state index is 13.5. The van der Waals surface area contributed by atoms with Crippen LogP contribution in [0.3, 0.4) is 0 Å². The van der Waals surface area contributed by atoms with E-state index in [-0.39, 0.29) is 25.2 Å². The number of likely N-dealkylation sites (tertiary alicyclic amines) is 1.